The number of nitrogens with zero attached hydrogens (tertiary/aromatic N) is 4. The number of rotatable bonds is 6. The fourth-order valence-electron chi connectivity index (χ4n) is 4.16. The molecule has 2 aliphatic heterocycles. The highest BCUT2D eigenvalue weighted by Gasteiger charge is 2.36. The van der Waals surface area contributed by atoms with Crippen molar-refractivity contribution in [3.8, 4) is 0 Å². The number of carbonyl (C=O) groups excluding carboxylic acids is 4. The van der Waals surface area contributed by atoms with Gasteiger partial charge in [-0.05, 0) is 55.7 Å². The predicted molar refractivity (Wildman–Crippen MR) is 107 cm³/mol. The van der Waals surface area contributed by atoms with E-state index in [1.807, 2.05) is 0 Å². The van der Waals surface area contributed by atoms with Crippen LogP contribution in [-0.4, -0.2) is 82.7 Å². The minimum absolute atomic E-state index is 0.0196. The van der Waals surface area contributed by atoms with Crippen molar-refractivity contribution in [2.75, 3.05) is 39.5 Å². The summed E-state index contributed by atoms with van der Waals surface area (Å²) < 4.78 is 0. The average Bonchev–Trinajstić information content (AvgIpc) is 3.66. The maximum absolute atomic E-state index is 12.9. The average molecular weight is 410 g/mol. The second kappa shape index (κ2) is 7.41. The van der Waals surface area contributed by atoms with E-state index in [1.54, 1.807) is 34.1 Å². The lowest BCUT2D eigenvalue weighted by Gasteiger charge is -2.19. The highest BCUT2D eigenvalue weighted by Crippen LogP contribution is 2.31. The Morgan fingerprint density at radius 3 is 1.60 bits per heavy atom. The zero-order valence-electron chi connectivity index (χ0n) is 17.0. The van der Waals surface area contributed by atoms with E-state index in [0.717, 1.165) is 38.8 Å². The summed E-state index contributed by atoms with van der Waals surface area (Å²) >= 11 is 0. The zero-order valence-corrected chi connectivity index (χ0v) is 17.0. The van der Waals surface area contributed by atoms with Crippen LogP contribution in [-0.2, 0) is 9.59 Å². The summed E-state index contributed by atoms with van der Waals surface area (Å²) in [5.41, 5.74) is 0.782. The summed E-state index contributed by atoms with van der Waals surface area (Å²) in [6.45, 7) is 2.23. The summed E-state index contributed by atoms with van der Waals surface area (Å²) in [6.07, 6.45) is 4.61. The molecule has 0 radical (unpaired) electrons. The van der Waals surface area contributed by atoms with Crippen LogP contribution in [0.3, 0.4) is 0 Å². The lowest BCUT2D eigenvalue weighted by atomic mass is 10.1. The van der Waals surface area contributed by atoms with E-state index in [-0.39, 0.29) is 36.7 Å². The van der Waals surface area contributed by atoms with Gasteiger partial charge in [0.25, 0.3) is 11.8 Å². The normalized spacial score (nSPS) is 21.7. The van der Waals surface area contributed by atoms with E-state index in [2.05, 4.69) is 0 Å². The van der Waals surface area contributed by atoms with Crippen molar-refractivity contribution >= 4 is 23.6 Å². The first kappa shape index (κ1) is 19.1. The second-order valence-corrected chi connectivity index (χ2v) is 8.99. The molecule has 4 fully saturated rings. The summed E-state index contributed by atoms with van der Waals surface area (Å²) in [7, 11) is 0. The minimum Gasteiger partial charge on any atom is -0.323 e. The van der Waals surface area contributed by atoms with E-state index in [1.165, 1.54) is 9.80 Å². The van der Waals surface area contributed by atoms with Crippen LogP contribution in [0.15, 0.2) is 24.3 Å². The molecule has 0 unspecified atom stereocenters. The Labute approximate surface area is 175 Å². The Balaban J connectivity index is 1.24. The van der Waals surface area contributed by atoms with Crippen LogP contribution < -0.4 is 0 Å². The first-order valence-corrected chi connectivity index (χ1v) is 10.7. The van der Waals surface area contributed by atoms with Crippen LogP contribution in [0, 0.1) is 11.8 Å². The molecule has 0 atom stereocenters. The SMILES string of the molecule is O=C1CN(C(=O)c2cccc(C(=O)N3CC(=O)N(CC4CC4)C3)c2)CN1CC1CC1. The van der Waals surface area contributed by atoms with Crippen molar-refractivity contribution in [2.24, 2.45) is 11.8 Å². The smallest absolute Gasteiger partial charge is 0.255 e. The maximum atomic E-state index is 12.9. The highest BCUT2D eigenvalue weighted by molar-refractivity contribution is 6.02. The molecule has 1 aromatic rings. The molecular weight excluding hydrogens is 384 g/mol. The Morgan fingerprint density at radius 2 is 1.20 bits per heavy atom. The van der Waals surface area contributed by atoms with Gasteiger partial charge in [-0.15, -0.1) is 0 Å². The Hall–Kier alpha value is -2.90. The van der Waals surface area contributed by atoms with Crippen molar-refractivity contribution in [1.82, 2.24) is 19.6 Å². The molecule has 0 aromatic heterocycles. The first-order valence-electron chi connectivity index (χ1n) is 10.7. The molecule has 2 heterocycles. The number of hydrogen-bond donors (Lipinski definition) is 0. The van der Waals surface area contributed by atoms with Gasteiger partial charge in [-0.2, -0.15) is 0 Å². The molecule has 8 heteroatoms. The van der Waals surface area contributed by atoms with Gasteiger partial charge in [0.05, 0.1) is 13.3 Å². The van der Waals surface area contributed by atoms with Gasteiger partial charge in [0.2, 0.25) is 11.8 Å². The third-order valence-corrected chi connectivity index (χ3v) is 6.32. The number of carbonyl (C=O) groups is 4. The Bertz CT molecular complexity index is 839. The van der Waals surface area contributed by atoms with E-state index < -0.39 is 0 Å². The Morgan fingerprint density at radius 1 is 0.767 bits per heavy atom. The summed E-state index contributed by atoms with van der Waals surface area (Å²) in [6, 6.07) is 6.59. The van der Waals surface area contributed by atoms with Crippen LogP contribution in [0.5, 0.6) is 0 Å². The molecule has 4 aliphatic rings. The number of amides is 4. The fourth-order valence-corrected chi connectivity index (χ4v) is 4.16. The minimum atomic E-state index is -0.246. The van der Waals surface area contributed by atoms with Gasteiger partial charge in [-0.1, -0.05) is 6.07 Å². The first-order chi connectivity index (χ1) is 14.5. The predicted octanol–water partition coefficient (Wildman–Crippen LogP) is 0.990. The lowest BCUT2D eigenvalue weighted by Crippen LogP contribution is -2.33. The fraction of sp³-hybridized carbons (Fsp3) is 0.545. The molecule has 2 aliphatic carbocycles. The van der Waals surface area contributed by atoms with Crippen molar-refractivity contribution in [1.29, 1.82) is 0 Å². The van der Waals surface area contributed by atoms with Crippen LogP contribution in [0.2, 0.25) is 0 Å². The van der Waals surface area contributed by atoms with Crippen LogP contribution >= 0.6 is 0 Å². The van der Waals surface area contributed by atoms with Gasteiger partial charge in [-0.3, -0.25) is 19.2 Å². The molecule has 4 amide bonds. The largest absolute Gasteiger partial charge is 0.323 e. The molecule has 0 spiro atoms. The van der Waals surface area contributed by atoms with Gasteiger partial charge in [0, 0.05) is 24.2 Å². The molecule has 1 aromatic carbocycles. The monoisotopic (exact) mass is 410 g/mol. The second-order valence-electron chi connectivity index (χ2n) is 8.99. The van der Waals surface area contributed by atoms with Gasteiger partial charge in [-0.25, -0.2) is 0 Å². The van der Waals surface area contributed by atoms with Crippen LogP contribution in [0.4, 0.5) is 0 Å². The quantitative estimate of drug-likeness (QED) is 0.701. The van der Waals surface area contributed by atoms with E-state index in [9.17, 15) is 19.2 Å². The zero-order chi connectivity index (χ0) is 20.8. The maximum Gasteiger partial charge on any atom is 0.255 e. The number of benzene rings is 1. The number of hydrogen-bond acceptors (Lipinski definition) is 4. The van der Waals surface area contributed by atoms with E-state index in [4.69, 9.17) is 0 Å². The third-order valence-electron chi connectivity index (χ3n) is 6.32. The summed E-state index contributed by atoms with van der Waals surface area (Å²) in [5.74, 6) is 0.621. The van der Waals surface area contributed by atoms with Crippen molar-refractivity contribution in [2.45, 2.75) is 25.7 Å². The summed E-state index contributed by atoms with van der Waals surface area (Å²) in [5, 5.41) is 0. The molecule has 0 N–H and O–H groups in total. The van der Waals surface area contributed by atoms with Gasteiger partial charge >= 0.3 is 0 Å². The third kappa shape index (κ3) is 3.91. The molecule has 5 rings (SSSR count). The van der Waals surface area contributed by atoms with Gasteiger partial charge < -0.3 is 19.6 Å². The lowest BCUT2D eigenvalue weighted by molar-refractivity contribution is -0.127. The molecule has 30 heavy (non-hydrogen) atoms. The van der Waals surface area contributed by atoms with E-state index >= 15 is 0 Å². The Kier molecular flexibility index (Phi) is 4.72. The molecule has 8 nitrogen and oxygen atoms in total. The molecule has 0 bridgehead atoms. The molecule has 158 valence electrons. The van der Waals surface area contributed by atoms with Gasteiger partial charge in [0.15, 0.2) is 0 Å². The molecule has 2 saturated heterocycles. The standard InChI is InChI=1S/C22H26N4O4/c27-19-11-25(13-23(19)9-15-4-5-15)21(29)17-2-1-3-18(8-17)22(30)26-12-20(28)24(14-26)10-16-6-7-16/h1-3,8,15-16H,4-7,9-14H2. The van der Waals surface area contributed by atoms with Crippen molar-refractivity contribution in [3.05, 3.63) is 35.4 Å². The van der Waals surface area contributed by atoms with Crippen molar-refractivity contribution in [3.63, 3.8) is 0 Å². The van der Waals surface area contributed by atoms with Crippen LogP contribution in [0.1, 0.15) is 46.4 Å². The molecule has 2 saturated carbocycles. The molecular formula is C22H26N4O4. The topological polar surface area (TPSA) is 81.2 Å². The van der Waals surface area contributed by atoms with Crippen LogP contribution in [0.25, 0.3) is 0 Å². The van der Waals surface area contributed by atoms with E-state index in [0.29, 0.717) is 36.3 Å². The summed E-state index contributed by atoms with van der Waals surface area (Å²) in [4.78, 5) is 56.8. The van der Waals surface area contributed by atoms with Crippen molar-refractivity contribution < 1.29 is 19.2 Å². The van der Waals surface area contributed by atoms with Gasteiger partial charge in [0.1, 0.15) is 13.1 Å². The highest BCUT2D eigenvalue weighted by atomic mass is 16.2.